The zero-order chi connectivity index (χ0) is 13.2. The first-order valence-corrected chi connectivity index (χ1v) is 7.30. The third-order valence-electron chi connectivity index (χ3n) is 3.25. The number of hydrogen-bond donors (Lipinski definition) is 2. The van der Waals surface area contributed by atoms with Crippen LogP contribution in [0, 0.1) is 0 Å². The number of methoxy groups -OCH3 is 1. The molecule has 1 aromatic carbocycles. The van der Waals surface area contributed by atoms with Crippen LogP contribution in [0.5, 0.6) is 5.75 Å². The van der Waals surface area contributed by atoms with E-state index in [9.17, 15) is 13.5 Å². The molecule has 6 heteroatoms. The molecular formula is C12H17NO4S. The molecule has 0 amide bonds. The lowest BCUT2D eigenvalue weighted by Gasteiger charge is -2.36. The van der Waals surface area contributed by atoms with Gasteiger partial charge in [0.05, 0.1) is 17.6 Å². The van der Waals surface area contributed by atoms with E-state index in [0.29, 0.717) is 18.6 Å². The van der Waals surface area contributed by atoms with Gasteiger partial charge in [-0.25, -0.2) is 13.1 Å². The van der Waals surface area contributed by atoms with Crippen molar-refractivity contribution in [1.82, 2.24) is 4.72 Å². The number of rotatable bonds is 5. The van der Waals surface area contributed by atoms with Gasteiger partial charge in [0, 0.05) is 6.54 Å². The topological polar surface area (TPSA) is 75.6 Å². The summed E-state index contributed by atoms with van der Waals surface area (Å²) >= 11 is 0. The molecule has 0 heterocycles. The van der Waals surface area contributed by atoms with Crippen LogP contribution in [0.4, 0.5) is 0 Å². The average Bonchev–Trinajstić information content (AvgIpc) is 2.34. The third kappa shape index (κ3) is 2.82. The maximum absolute atomic E-state index is 12.0. The molecule has 0 aliphatic heterocycles. The van der Waals surface area contributed by atoms with Gasteiger partial charge >= 0.3 is 0 Å². The molecule has 0 aromatic heterocycles. The van der Waals surface area contributed by atoms with Crippen molar-refractivity contribution in [3.05, 3.63) is 24.3 Å². The second-order valence-corrected chi connectivity index (χ2v) is 6.34. The molecule has 100 valence electrons. The van der Waals surface area contributed by atoms with Crippen LogP contribution in [-0.2, 0) is 10.0 Å². The van der Waals surface area contributed by atoms with E-state index in [-0.39, 0.29) is 11.4 Å². The van der Waals surface area contributed by atoms with Crippen LogP contribution < -0.4 is 9.46 Å². The summed E-state index contributed by atoms with van der Waals surface area (Å²) in [5.74, 6) is 0.603. The molecule has 1 aromatic rings. The Morgan fingerprint density at radius 2 is 1.94 bits per heavy atom. The van der Waals surface area contributed by atoms with Gasteiger partial charge in [0.1, 0.15) is 5.75 Å². The highest BCUT2D eigenvalue weighted by Gasteiger charge is 2.35. The molecule has 0 saturated heterocycles. The fourth-order valence-electron chi connectivity index (χ4n) is 1.83. The first-order valence-electron chi connectivity index (χ1n) is 5.81. The average molecular weight is 271 g/mol. The number of ether oxygens (including phenoxy) is 1. The lowest BCUT2D eigenvalue weighted by atomic mass is 9.81. The van der Waals surface area contributed by atoms with Crippen molar-refractivity contribution in [1.29, 1.82) is 0 Å². The monoisotopic (exact) mass is 271 g/mol. The summed E-state index contributed by atoms with van der Waals surface area (Å²) in [6.45, 7) is 0.0708. The van der Waals surface area contributed by atoms with Crippen molar-refractivity contribution < 1.29 is 18.3 Å². The number of aliphatic hydroxyl groups is 1. The first kappa shape index (κ1) is 13.3. The van der Waals surface area contributed by atoms with Gasteiger partial charge in [-0.05, 0) is 43.5 Å². The molecule has 0 atom stereocenters. The maximum atomic E-state index is 12.0. The summed E-state index contributed by atoms with van der Waals surface area (Å²) < 4.78 is 31.3. The van der Waals surface area contributed by atoms with Crippen LogP contribution in [0.2, 0.25) is 0 Å². The van der Waals surface area contributed by atoms with Crippen molar-refractivity contribution in [3.63, 3.8) is 0 Å². The summed E-state index contributed by atoms with van der Waals surface area (Å²) in [6.07, 6.45) is 2.25. The second-order valence-electron chi connectivity index (χ2n) is 4.58. The summed E-state index contributed by atoms with van der Waals surface area (Å²) in [6, 6.07) is 6.14. The van der Waals surface area contributed by atoms with Crippen molar-refractivity contribution in [3.8, 4) is 5.75 Å². The Morgan fingerprint density at radius 1 is 1.33 bits per heavy atom. The van der Waals surface area contributed by atoms with Crippen LogP contribution in [0.15, 0.2) is 29.2 Å². The molecular weight excluding hydrogens is 254 g/mol. The molecule has 5 nitrogen and oxygen atoms in total. The van der Waals surface area contributed by atoms with Gasteiger partial charge in [-0.2, -0.15) is 0 Å². The lowest BCUT2D eigenvalue weighted by molar-refractivity contribution is -0.0270. The second kappa shape index (κ2) is 4.87. The van der Waals surface area contributed by atoms with E-state index in [1.807, 2.05) is 0 Å². The predicted molar refractivity (Wildman–Crippen MR) is 67.0 cm³/mol. The quantitative estimate of drug-likeness (QED) is 0.834. The Morgan fingerprint density at radius 3 is 2.39 bits per heavy atom. The van der Waals surface area contributed by atoms with Gasteiger partial charge < -0.3 is 9.84 Å². The predicted octanol–water partition coefficient (Wildman–Crippen LogP) is 0.888. The summed E-state index contributed by atoms with van der Waals surface area (Å²) in [4.78, 5) is 0.172. The molecule has 1 aliphatic rings. The molecule has 0 spiro atoms. The Labute approximate surface area is 107 Å². The highest BCUT2D eigenvalue weighted by Crippen LogP contribution is 2.31. The van der Waals surface area contributed by atoms with Gasteiger partial charge in [-0.3, -0.25) is 0 Å². The summed E-state index contributed by atoms with van der Waals surface area (Å²) in [5.41, 5.74) is -0.862. The van der Waals surface area contributed by atoms with E-state index in [2.05, 4.69) is 4.72 Å². The number of hydrogen-bond acceptors (Lipinski definition) is 4. The molecule has 1 fully saturated rings. The van der Waals surface area contributed by atoms with Gasteiger partial charge in [0.25, 0.3) is 0 Å². The number of benzene rings is 1. The minimum absolute atomic E-state index is 0.0708. The normalized spacial score (nSPS) is 18.1. The Bertz CT molecular complexity index is 505. The van der Waals surface area contributed by atoms with Crippen LogP contribution >= 0.6 is 0 Å². The van der Waals surface area contributed by atoms with Gasteiger partial charge in [-0.1, -0.05) is 0 Å². The van der Waals surface area contributed by atoms with Crippen LogP contribution in [-0.4, -0.2) is 32.8 Å². The number of nitrogens with one attached hydrogen (secondary N) is 1. The Balaban J connectivity index is 2.05. The molecule has 0 radical (unpaired) electrons. The van der Waals surface area contributed by atoms with Crippen molar-refractivity contribution in [2.45, 2.75) is 29.8 Å². The fourth-order valence-corrected chi connectivity index (χ4v) is 2.95. The molecule has 18 heavy (non-hydrogen) atoms. The van der Waals surface area contributed by atoms with E-state index >= 15 is 0 Å². The third-order valence-corrected chi connectivity index (χ3v) is 4.66. The first-order chi connectivity index (χ1) is 8.45. The van der Waals surface area contributed by atoms with Gasteiger partial charge in [0.2, 0.25) is 10.0 Å². The molecule has 1 aliphatic carbocycles. The van der Waals surface area contributed by atoms with Crippen molar-refractivity contribution in [2.24, 2.45) is 0 Å². The lowest BCUT2D eigenvalue weighted by Crippen LogP contribution is -2.47. The van der Waals surface area contributed by atoms with E-state index in [1.54, 1.807) is 12.1 Å². The van der Waals surface area contributed by atoms with E-state index in [1.165, 1.54) is 19.2 Å². The standard InChI is InChI=1S/C12H17NO4S/c1-17-10-3-5-11(6-4-10)18(15,16)13-9-12(14)7-2-8-12/h3-6,13-14H,2,7-9H2,1H3. The van der Waals surface area contributed by atoms with Crippen molar-refractivity contribution >= 4 is 10.0 Å². The molecule has 2 rings (SSSR count). The van der Waals surface area contributed by atoms with Gasteiger partial charge in [-0.15, -0.1) is 0 Å². The molecule has 1 saturated carbocycles. The fraction of sp³-hybridized carbons (Fsp3) is 0.500. The Hall–Kier alpha value is -1.11. The summed E-state index contributed by atoms with van der Waals surface area (Å²) in [7, 11) is -2.04. The number of sulfonamides is 1. The zero-order valence-corrected chi connectivity index (χ0v) is 11.0. The molecule has 2 N–H and O–H groups in total. The molecule has 0 bridgehead atoms. The van der Waals surface area contributed by atoms with Crippen LogP contribution in [0.1, 0.15) is 19.3 Å². The Kier molecular flexibility index (Phi) is 3.61. The smallest absolute Gasteiger partial charge is 0.240 e. The minimum atomic E-state index is -3.56. The van der Waals surface area contributed by atoms with E-state index < -0.39 is 15.6 Å². The van der Waals surface area contributed by atoms with Crippen LogP contribution in [0.3, 0.4) is 0 Å². The van der Waals surface area contributed by atoms with Crippen LogP contribution in [0.25, 0.3) is 0 Å². The van der Waals surface area contributed by atoms with E-state index in [4.69, 9.17) is 4.74 Å². The summed E-state index contributed by atoms with van der Waals surface area (Å²) in [5, 5.41) is 9.86. The minimum Gasteiger partial charge on any atom is -0.497 e. The SMILES string of the molecule is COc1ccc(S(=O)(=O)NCC2(O)CCC2)cc1. The zero-order valence-electron chi connectivity index (χ0n) is 10.2. The van der Waals surface area contributed by atoms with Gasteiger partial charge in [0.15, 0.2) is 0 Å². The van der Waals surface area contributed by atoms with Crippen molar-refractivity contribution in [2.75, 3.05) is 13.7 Å². The largest absolute Gasteiger partial charge is 0.497 e. The maximum Gasteiger partial charge on any atom is 0.240 e. The highest BCUT2D eigenvalue weighted by atomic mass is 32.2. The van der Waals surface area contributed by atoms with E-state index in [0.717, 1.165) is 6.42 Å². The highest BCUT2D eigenvalue weighted by molar-refractivity contribution is 7.89. The molecule has 0 unspecified atom stereocenters.